The number of halogens is 1. The fraction of sp³-hybridized carbons (Fsp3) is 0.182. The van der Waals surface area contributed by atoms with E-state index in [1.54, 1.807) is 11.3 Å². The first kappa shape index (κ1) is 10.6. The molecule has 0 saturated heterocycles. The lowest BCUT2D eigenvalue weighted by Gasteiger charge is -2.07. The molecule has 0 saturated carbocycles. The lowest BCUT2D eigenvalue weighted by atomic mass is 10.2. The number of rotatable bonds is 3. The average molecular weight is 283 g/mol. The van der Waals surface area contributed by atoms with Gasteiger partial charge in [0.1, 0.15) is 0 Å². The van der Waals surface area contributed by atoms with Crippen LogP contribution in [-0.2, 0) is 6.54 Å². The Hall–Kier alpha value is -0.870. The smallest absolute Gasteiger partial charge is 0.0794 e. The van der Waals surface area contributed by atoms with Crippen LogP contribution < -0.4 is 5.32 Å². The summed E-state index contributed by atoms with van der Waals surface area (Å²) in [7, 11) is 0. The lowest BCUT2D eigenvalue weighted by Crippen LogP contribution is -1.98. The summed E-state index contributed by atoms with van der Waals surface area (Å²) in [6.45, 7) is 2.91. The summed E-state index contributed by atoms with van der Waals surface area (Å²) < 4.78 is 1.10. The molecule has 0 radical (unpaired) electrons. The highest BCUT2D eigenvalue weighted by molar-refractivity contribution is 9.10. The predicted molar refractivity (Wildman–Crippen MR) is 68.3 cm³/mol. The van der Waals surface area contributed by atoms with E-state index in [1.165, 1.54) is 10.4 Å². The van der Waals surface area contributed by atoms with E-state index < -0.39 is 0 Å². The van der Waals surface area contributed by atoms with Crippen LogP contribution in [0.5, 0.6) is 0 Å². The summed E-state index contributed by atoms with van der Waals surface area (Å²) >= 11 is 5.18. The van der Waals surface area contributed by atoms with E-state index in [1.807, 2.05) is 11.7 Å². The molecule has 2 nitrogen and oxygen atoms in total. The van der Waals surface area contributed by atoms with Gasteiger partial charge < -0.3 is 5.32 Å². The molecule has 0 amide bonds. The molecule has 4 heteroatoms. The van der Waals surface area contributed by atoms with Gasteiger partial charge in [-0.05, 0) is 40.5 Å². The van der Waals surface area contributed by atoms with Crippen LogP contribution >= 0.6 is 27.3 Å². The minimum Gasteiger partial charge on any atom is -0.379 e. The molecule has 0 aliphatic heterocycles. The minimum absolute atomic E-state index is 0.826. The van der Waals surface area contributed by atoms with Crippen LogP contribution in [0.2, 0.25) is 0 Å². The van der Waals surface area contributed by atoms with E-state index in [2.05, 4.69) is 51.4 Å². The maximum absolute atomic E-state index is 4.04. The second-order valence-electron chi connectivity index (χ2n) is 3.30. The van der Waals surface area contributed by atoms with Gasteiger partial charge in [-0.25, -0.2) is 0 Å². The van der Waals surface area contributed by atoms with Gasteiger partial charge in [-0.1, -0.05) is 6.07 Å². The van der Waals surface area contributed by atoms with Crippen molar-refractivity contribution in [3.63, 3.8) is 0 Å². The minimum atomic E-state index is 0.826. The molecule has 0 aliphatic carbocycles. The van der Waals surface area contributed by atoms with Crippen LogP contribution in [0.15, 0.2) is 34.4 Å². The topological polar surface area (TPSA) is 24.9 Å². The summed E-state index contributed by atoms with van der Waals surface area (Å²) in [5.41, 5.74) is 4.23. The zero-order chi connectivity index (χ0) is 10.7. The van der Waals surface area contributed by atoms with Crippen molar-refractivity contribution in [1.82, 2.24) is 4.98 Å². The number of nitrogens with zero attached hydrogens (tertiary/aromatic N) is 1. The van der Waals surface area contributed by atoms with Crippen LogP contribution in [0.4, 0.5) is 5.69 Å². The molecule has 1 N–H and O–H groups in total. The Balaban J connectivity index is 2.07. The predicted octanol–water partition coefficient (Wildman–Crippen LogP) is 3.83. The number of hydrogen-bond acceptors (Lipinski definition) is 3. The van der Waals surface area contributed by atoms with Crippen molar-refractivity contribution in [3.05, 3.63) is 44.8 Å². The van der Waals surface area contributed by atoms with Crippen molar-refractivity contribution in [2.75, 3.05) is 5.32 Å². The van der Waals surface area contributed by atoms with Gasteiger partial charge in [-0.15, -0.1) is 11.3 Å². The maximum atomic E-state index is 4.04. The van der Waals surface area contributed by atoms with Crippen molar-refractivity contribution >= 4 is 33.0 Å². The van der Waals surface area contributed by atoms with Crippen molar-refractivity contribution in [2.24, 2.45) is 0 Å². The molecule has 0 atom stereocenters. The molecule has 1 aromatic heterocycles. The summed E-state index contributed by atoms with van der Waals surface area (Å²) in [4.78, 5) is 5.28. The summed E-state index contributed by atoms with van der Waals surface area (Å²) in [6, 6.07) is 6.28. The number of nitrogens with one attached hydrogen (secondary N) is 1. The first-order chi connectivity index (χ1) is 7.25. The van der Waals surface area contributed by atoms with E-state index in [0.717, 1.165) is 16.7 Å². The Kier molecular flexibility index (Phi) is 3.38. The normalized spacial score (nSPS) is 10.3. The van der Waals surface area contributed by atoms with E-state index >= 15 is 0 Å². The molecule has 0 bridgehead atoms. The van der Waals surface area contributed by atoms with Gasteiger partial charge in [0.2, 0.25) is 0 Å². The quantitative estimate of drug-likeness (QED) is 0.926. The molecular formula is C11H11BrN2S. The monoisotopic (exact) mass is 282 g/mol. The van der Waals surface area contributed by atoms with Crippen molar-refractivity contribution in [2.45, 2.75) is 13.5 Å². The summed E-state index contributed by atoms with van der Waals surface area (Å²) in [5.74, 6) is 0. The Morgan fingerprint density at radius 2 is 2.33 bits per heavy atom. The molecule has 1 aromatic carbocycles. The average Bonchev–Trinajstić information content (AvgIpc) is 2.72. The highest BCUT2D eigenvalue weighted by atomic mass is 79.9. The highest BCUT2D eigenvalue weighted by Gasteiger charge is 2.00. The Morgan fingerprint density at radius 1 is 1.47 bits per heavy atom. The molecule has 0 aliphatic rings. The molecule has 1 heterocycles. The van der Waals surface area contributed by atoms with Crippen molar-refractivity contribution in [1.29, 1.82) is 0 Å². The second-order valence-corrected chi connectivity index (χ2v) is 5.13. The summed E-state index contributed by atoms with van der Waals surface area (Å²) in [6.07, 6.45) is 1.89. The number of aromatic nitrogens is 1. The van der Waals surface area contributed by atoms with Crippen LogP contribution in [-0.4, -0.2) is 4.98 Å². The zero-order valence-corrected chi connectivity index (χ0v) is 10.7. The van der Waals surface area contributed by atoms with Gasteiger partial charge in [0.15, 0.2) is 0 Å². The fourth-order valence-electron chi connectivity index (χ4n) is 1.29. The third-order valence-electron chi connectivity index (χ3n) is 2.06. The van der Waals surface area contributed by atoms with Gasteiger partial charge >= 0.3 is 0 Å². The van der Waals surface area contributed by atoms with Crippen LogP contribution in [0.3, 0.4) is 0 Å². The third-order valence-corrected chi connectivity index (χ3v) is 3.53. The first-order valence-electron chi connectivity index (χ1n) is 4.63. The lowest BCUT2D eigenvalue weighted by molar-refractivity contribution is 1.17. The number of thiazole rings is 1. The maximum Gasteiger partial charge on any atom is 0.0794 e. The Bertz CT molecular complexity index is 440. The largest absolute Gasteiger partial charge is 0.379 e. The fourth-order valence-corrected chi connectivity index (χ4v) is 2.21. The van der Waals surface area contributed by atoms with Gasteiger partial charge in [-0.2, -0.15) is 0 Å². The molecule has 15 heavy (non-hydrogen) atoms. The number of hydrogen-bond donors (Lipinski definition) is 1. The zero-order valence-electron chi connectivity index (χ0n) is 8.33. The third kappa shape index (κ3) is 2.79. The first-order valence-corrected chi connectivity index (χ1v) is 6.30. The Morgan fingerprint density at radius 3 is 3.07 bits per heavy atom. The molecule has 78 valence electrons. The molecule has 0 spiro atoms. The standard InChI is InChI=1S/C11H11BrN2S/c1-8-2-3-10(12)11(4-8)14-6-9-5-13-7-15-9/h2-5,7,14H,6H2,1H3. The number of aryl methyl sites for hydroxylation is 1. The van der Waals surface area contributed by atoms with Crippen LogP contribution in [0.25, 0.3) is 0 Å². The molecule has 0 fully saturated rings. The van der Waals surface area contributed by atoms with Gasteiger partial charge in [0.25, 0.3) is 0 Å². The SMILES string of the molecule is Cc1ccc(Br)c(NCc2cncs2)c1. The van der Waals surface area contributed by atoms with Gasteiger partial charge in [0.05, 0.1) is 12.1 Å². The number of anilines is 1. The van der Waals surface area contributed by atoms with Gasteiger partial charge in [0, 0.05) is 21.2 Å². The van der Waals surface area contributed by atoms with E-state index in [9.17, 15) is 0 Å². The van der Waals surface area contributed by atoms with Crippen molar-refractivity contribution in [3.8, 4) is 0 Å². The molecular weight excluding hydrogens is 272 g/mol. The van der Waals surface area contributed by atoms with Crippen LogP contribution in [0, 0.1) is 6.92 Å². The molecule has 2 aromatic rings. The van der Waals surface area contributed by atoms with E-state index in [-0.39, 0.29) is 0 Å². The van der Waals surface area contributed by atoms with Gasteiger partial charge in [-0.3, -0.25) is 4.98 Å². The molecule has 2 rings (SSSR count). The van der Waals surface area contributed by atoms with Crippen LogP contribution in [0.1, 0.15) is 10.4 Å². The Labute approximate surface area is 101 Å². The molecule has 0 unspecified atom stereocenters. The van der Waals surface area contributed by atoms with E-state index in [0.29, 0.717) is 0 Å². The second kappa shape index (κ2) is 4.77. The number of benzene rings is 1. The highest BCUT2D eigenvalue weighted by Crippen LogP contribution is 2.24. The van der Waals surface area contributed by atoms with Crippen molar-refractivity contribution < 1.29 is 0 Å². The summed E-state index contributed by atoms with van der Waals surface area (Å²) in [5, 5.41) is 3.38. The van der Waals surface area contributed by atoms with E-state index in [4.69, 9.17) is 0 Å².